The zero-order valence-corrected chi connectivity index (χ0v) is 13.0. The number of thioether (sulfide) groups is 1. The molecule has 0 aliphatic heterocycles. The minimum absolute atomic E-state index is 0.731. The Morgan fingerprint density at radius 1 is 1.35 bits per heavy atom. The molecule has 0 N–H and O–H groups in total. The van der Waals surface area contributed by atoms with Gasteiger partial charge in [-0.3, -0.25) is 0 Å². The predicted octanol–water partition coefficient (Wildman–Crippen LogP) is 3.88. The van der Waals surface area contributed by atoms with Crippen LogP contribution < -0.4 is 0 Å². The van der Waals surface area contributed by atoms with Gasteiger partial charge in [0.15, 0.2) is 5.16 Å². The van der Waals surface area contributed by atoms with Crippen LogP contribution in [0.25, 0.3) is 10.6 Å². The monoisotopic (exact) mass is 322 g/mol. The Morgan fingerprint density at radius 2 is 2.20 bits per heavy atom. The maximum atomic E-state index is 6.19. The van der Waals surface area contributed by atoms with Crippen LogP contribution in [0.1, 0.15) is 5.69 Å². The summed E-state index contributed by atoms with van der Waals surface area (Å²) in [7, 11) is 1.93. The molecule has 3 rings (SSSR count). The van der Waals surface area contributed by atoms with E-state index in [2.05, 4.69) is 20.6 Å². The highest BCUT2D eigenvalue weighted by atomic mass is 35.5. The molecule has 1 aromatic carbocycles. The number of hydrogen-bond acceptors (Lipinski definition) is 5. The zero-order valence-electron chi connectivity index (χ0n) is 10.7. The highest BCUT2D eigenvalue weighted by Gasteiger charge is 2.09. The second-order valence-corrected chi connectivity index (χ2v) is 6.34. The lowest BCUT2D eigenvalue weighted by Gasteiger charge is -1.99. The number of nitrogens with zero attached hydrogens (tertiary/aromatic N) is 4. The van der Waals surface area contributed by atoms with Gasteiger partial charge in [-0.05, 0) is 6.07 Å². The van der Waals surface area contributed by atoms with Crippen molar-refractivity contribution >= 4 is 34.7 Å². The van der Waals surface area contributed by atoms with Crippen molar-refractivity contribution in [3.8, 4) is 10.6 Å². The molecule has 0 saturated heterocycles. The van der Waals surface area contributed by atoms with E-state index >= 15 is 0 Å². The van der Waals surface area contributed by atoms with Gasteiger partial charge in [-0.25, -0.2) is 4.98 Å². The highest BCUT2D eigenvalue weighted by molar-refractivity contribution is 7.98. The molecule has 20 heavy (non-hydrogen) atoms. The molecule has 0 bridgehead atoms. The maximum Gasteiger partial charge on any atom is 0.191 e. The van der Waals surface area contributed by atoms with Crippen LogP contribution in [0, 0.1) is 0 Å². The molecule has 102 valence electrons. The fourth-order valence-corrected chi connectivity index (χ4v) is 3.70. The maximum absolute atomic E-state index is 6.19. The molecule has 0 radical (unpaired) electrons. The zero-order chi connectivity index (χ0) is 13.9. The van der Waals surface area contributed by atoms with Crippen molar-refractivity contribution in [3.05, 3.63) is 46.7 Å². The Balaban J connectivity index is 1.74. The lowest BCUT2D eigenvalue weighted by molar-refractivity contribution is 0.788. The molecule has 0 unspecified atom stereocenters. The SMILES string of the molecule is Cn1cnnc1SCc1csc(-c2ccccc2Cl)n1. The van der Waals surface area contributed by atoms with Gasteiger partial charge in [-0.1, -0.05) is 41.6 Å². The Labute approximate surface area is 129 Å². The average Bonchev–Trinajstić information content (AvgIpc) is 3.06. The van der Waals surface area contributed by atoms with Crippen molar-refractivity contribution in [1.29, 1.82) is 0 Å². The summed E-state index contributed by atoms with van der Waals surface area (Å²) < 4.78 is 1.89. The third-order valence-corrected chi connectivity index (χ3v) is 5.00. The van der Waals surface area contributed by atoms with Crippen LogP contribution in [0.4, 0.5) is 0 Å². The van der Waals surface area contributed by atoms with E-state index in [0.717, 1.165) is 32.2 Å². The van der Waals surface area contributed by atoms with Crippen molar-refractivity contribution in [2.75, 3.05) is 0 Å². The first kappa shape index (κ1) is 13.6. The standard InChI is InChI=1S/C13H11ClN4S2/c1-18-8-15-17-13(18)20-7-9-6-19-12(16-9)10-4-2-3-5-11(10)14/h2-6,8H,7H2,1H3. The number of rotatable bonds is 4. The van der Waals surface area contributed by atoms with Crippen LogP contribution in [0.5, 0.6) is 0 Å². The third-order valence-electron chi connectivity index (χ3n) is 2.68. The van der Waals surface area contributed by atoms with Crippen LogP contribution >= 0.6 is 34.7 Å². The van der Waals surface area contributed by atoms with E-state index < -0.39 is 0 Å². The van der Waals surface area contributed by atoms with Crippen molar-refractivity contribution in [2.45, 2.75) is 10.9 Å². The van der Waals surface area contributed by atoms with E-state index in [1.807, 2.05) is 35.9 Å². The van der Waals surface area contributed by atoms with Gasteiger partial charge in [-0.15, -0.1) is 21.5 Å². The minimum Gasteiger partial charge on any atom is -0.312 e. The number of thiazole rings is 1. The van der Waals surface area contributed by atoms with Gasteiger partial charge >= 0.3 is 0 Å². The molecule has 7 heteroatoms. The van der Waals surface area contributed by atoms with Crippen molar-refractivity contribution in [1.82, 2.24) is 19.7 Å². The molecule has 0 aliphatic carbocycles. The van der Waals surface area contributed by atoms with E-state index in [1.165, 1.54) is 0 Å². The molecule has 0 aliphatic rings. The van der Waals surface area contributed by atoms with E-state index in [-0.39, 0.29) is 0 Å². The summed E-state index contributed by atoms with van der Waals surface area (Å²) in [5, 5.41) is 12.5. The first-order valence-corrected chi connectivity index (χ1v) is 8.14. The van der Waals surface area contributed by atoms with E-state index in [0.29, 0.717) is 0 Å². The molecule has 3 aromatic rings. The molecule has 0 fully saturated rings. The summed E-state index contributed by atoms with van der Waals surface area (Å²) in [6.45, 7) is 0. The number of halogens is 1. The first-order chi connectivity index (χ1) is 9.74. The summed E-state index contributed by atoms with van der Waals surface area (Å²) in [6.07, 6.45) is 1.69. The van der Waals surface area contributed by atoms with Crippen LogP contribution in [0.15, 0.2) is 41.1 Å². The second-order valence-electron chi connectivity index (χ2n) is 4.14. The van der Waals surface area contributed by atoms with Gasteiger partial charge in [0.05, 0.1) is 10.7 Å². The summed E-state index contributed by atoms with van der Waals surface area (Å²) >= 11 is 9.41. The summed E-state index contributed by atoms with van der Waals surface area (Å²) in [6, 6.07) is 7.76. The number of hydrogen-bond donors (Lipinski definition) is 0. The van der Waals surface area contributed by atoms with Crippen LogP contribution in [-0.4, -0.2) is 19.7 Å². The molecule has 0 spiro atoms. The fraction of sp³-hybridized carbons (Fsp3) is 0.154. The minimum atomic E-state index is 0.731. The van der Waals surface area contributed by atoms with Gasteiger partial charge in [0.25, 0.3) is 0 Å². The van der Waals surface area contributed by atoms with Crippen molar-refractivity contribution < 1.29 is 0 Å². The largest absolute Gasteiger partial charge is 0.312 e. The Morgan fingerprint density at radius 3 is 2.95 bits per heavy atom. The molecule has 2 heterocycles. The second kappa shape index (κ2) is 5.95. The Kier molecular flexibility index (Phi) is 4.05. The molecule has 2 aromatic heterocycles. The molecule has 0 saturated carbocycles. The highest BCUT2D eigenvalue weighted by Crippen LogP contribution is 2.31. The quantitative estimate of drug-likeness (QED) is 0.684. The van der Waals surface area contributed by atoms with Gasteiger partial charge in [0.2, 0.25) is 0 Å². The number of aromatic nitrogens is 4. The average molecular weight is 323 g/mol. The van der Waals surface area contributed by atoms with E-state index in [4.69, 9.17) is 11.6 Å². The first-order valence-electron chi connectivity index (χ1n) is 5.90. The number of benzene rings is 1. The summed E-state index contributed by atoms with van der Waals surface area (Å²) in [5.41, 5.74) is 2.01. The van der Waals surface area contributed by atoms with E-state index in [1.54, 1.807) is 29.4 Å². The van der Waals surface area contributed by atoms with Crippen LogP contribution in [0.2, 0.25) is 5.02 Å². The van der Waals surface area contributed by atoms with Gasteiger partial charge in [-0.2, -0.15) is 0 Å². The van der Waals surface area contributed by atoms with Gasteiger partial charge in [0.1, 0.15) is 11.3 Å². The molecule has 0 amide bonds. The van der Waals surface area contributed by atoms with E-state index in [9.17, 15) is 0 Å². The van der Waals surface area contributed by atoms with Gasteiger partial charge < -0.3 is 4.57 Å². The molecule has 4 nitrogen and oxygen atoms in total. The summed E-state index contributed by atoms with van der Waals surface area (Å²) in [5.74, 6) is 0.771. The lowest BCUT2D eigenvalue weighted by atomic mass is 10.2. The molecular formula is C13H11ClN4S2. The topological polar surface area (TPSA) is 43.6 Å². The predicted molar refractivity (Wildman–Crippen MR) is 83.1 cm³/mol. The van der Waals surface area contributed by atoms with Crippen molar-refractivity contribution in [3.63, 3.8) is 0 Å². The Bertz CT molecular complexity index is 722. The summed E-state index contributed by atoms with van der Waals surface area (Å²) in [4.78, 5) is 4.63. The fourth-order valence-electron chi connectivity index (χ4n) is 1.67. The Hall–Kier alpha value is -1.37. The lowest BCUT2D eigenvalue weighted by Crippen LogP contribution is -1.90. The number of aryl methyl sites for hydroxylation is 1. The molecule has 0 atom stereocenters. The van der Waals surface area contributed by atoms with Crippen LogP contribution in [-0.2, 0) is 12.8 Å². The van der Waals surface area contributed by atoms with Crippen molar-refractivity contribution in [2.24, 2.45) is 7.05 Å². The smallest absolute Gasteiger partial charge is 0.191 e. The normalized spacial score (nSPS) is 10.9. The third kappa shape index (κ3) is 2.87. The molecular weight excluding hydrogens is 312 g/mol. The van der Waals surface area contributed by atoms with Crippen LogP contribution in [0.3, 0.4) is 0 Å². The van der Waals surface area contributed by atoms with Gasteiger partial charge in [0, 0.05) is 23.7 Å².